The van der Waals surface area contributed by atoms with Gasteiger partial charge in [0.05, 0.1) is 5.60 Å². The summed E-state index contributed by atoms with van der Waals surface area (Å²) in [6.07, 6.45) is 2.13. The van der Waals surface area contributed by atoms with Crippen LogP contribution in [0, 0.1) is 5.41 Å². The summed E-state index contributed by atoms with van der Waals surface area (Å²) >= 11 is 1.85. The fourth-order valence-electron chi connectivity index (χ4n) is 1.74. The molecular weight excluding hydrogens is 251 g/mol. The zero-order chi connectivity index (χ0) is 14.7. The fourth-order valence-corrected chi connectivity index (χ4v) is 2.26. The second-order valence-corrected chi connectivity index (χ2v) is 7.56. The van der Waals surface area contributed by atoms with E-state index in [2.05, 4.69) is 72.0 Å². The monoisotopic (exact) mass is 278 g/mol. The van der Waals surface area contributed by atoms with E-state index in [1.807, 2.05) is 11.8 Å². The van der Waals surface area contributed by atoms with Crippen LogP contribution in [0.25, 0.3) is 0 Å². The van der Waals surface area contributed by atoms with E-state index in [0.717, 1.165) is 5.75 Å². The Morgan fingerprint density at radius 1 is 1.05 bits per heavy atom. The summed E-state index contributed by atoms with van der Waals surface area (Å²) in [7, 11) is 0. The van der Waals surface area contributed by atoms with Crippen LogP contribution in [0.5, 0.6) is 0 Å². The van der Waals surface area contributed by atoms with Crippen molar-refractivity contribution in [3.63, 3.8) is 0 Å². The van der Waals surface area contributed by atoms with Crippen molar-refractivity contribution in [1.82, 2.24) is 0 Å². The molecule has 0 aromatic heterocycles. The van der Waals surface area contributed by atoms with Crippen LogP contribution in [0.1, 0.15) is 40.2 Å². The van der Waals surface area contributed by atoms with E-state index in [-0.39, 0.29) is 17.9 Å². The second-order valence-electron chi connectivity index (χ2n) is 6.69. The maximum absolute atomic E-state index is 6.28. The third-order valence-corrected chi connectivity index (χ3v) is 4.66. The molecule has 1 nitrogen and oxygen atoms in total. The molecule has 1 aromatic carbocycles. The topological polar surface area (TPSA) is 9.23 Å². The third-order valence-electron chi connectivity index (χ3n) is 4.04. The van der Waals surface area contributed by atoms with Crippen molar-refractivity contribution in [3.8, 4) is 0 Å². The molecule has 1 rings (SSSR count). The molecule has 0 N–H and O–H groups in total. The van der Waals surface area contributed by atoms with Crippen molar-refractivity contribution in [1.29, 1.82) is 0 Å². The summed E-state index contributed by atoms with van der Waals surface area (Å²) in [5, 5.41) is 0. The Kier molecular flexibility index (Phi) is 5.58. The Morgan fingerprint density at radius 3 is 2.00 bits per heavy atom. The molecule has 0 fully saturated rings. The molecule has 0 bridgehead atoms. The highest BCUT2D eigenvalue weighted by Gasteiger charge is 2.35. The van der Waals surface area contributed by atoms with Gasteiger partial charge in [0.2, 0.25) is 0 Å². The van der Waals surface area contributed by atoms with Crippen molar-refractivity contribution in [2.45, 2.75) is 52.8 Å². The van der Waals surface area contributed by atoms with Crippen LogP contribution < -0.4 is 5.46 Å². The predicted molar refractivity (Wildman–Crippen MR) is 89.5 cm³/mol. The molecule has 0 saturated carbocycles. The summed E-state index contributed by atoms with van der Waals surface area (Å²) in [6, 6.07) is 8.79. The van der Waals surface area contributed by atoms with Gasteiger partial charge >= 0.3 is 6.92 Å². The normalized spacial score (nSPS) is 12.6. The lowest BCUT2D eigenvalue weighted by molar-refractivity contribution is 0.000450. The molecule has 19 heavy (non-hydrogen) atoms. The average Bonchev–Trinajstić information content (AvgIpc) is 2.28. The van der Waals surface area contributed by atoms with Gasteiger partial charge in [0.25, 0.3) is 0 Å². The molecule has 0 aliphatic heterocycles. The van der Waals surface area contributed by atoms with Crippen LogP contribution in [0.2, 0.25) is 6.82 Å². The number of benzene rings is 1. The first-order valence-corrected chi connectivity index (χ1v) is 8.32. The first-order chi connectivity index (χ1) is 8.67. The molecule has 0 spiro atoms. The Morgan fingerprint density at radius 2 is 1.58 bits per heavy atom. The van der Waals surface area contributed by atoms with Crippen LogP contribution in [-0.4, -0.2) is 18.8 Å². The van der Waals surface area contributed by atoms with Crippen LogP contribution in [0.4, 0.5) is 0 Å². The predicted octanol–water partition coefficient (Wildman–Crippen LogP) is 4.22. The molecule has 3 heteroatoms. The van der Waals surface area contributed by atoms with E-state index in [1.165, 1.54) is 11.0 Å². The average molecular weight is 278 g/mol. The van der Waals surface area contributed by atoms with Crippen molar-refractivity contribution in [2.24, 2.45) is 5.41 Å². The molecule has 0 amide bonds. The van der Waals surface area contributed by atoms with Gasteiger partial charge in [0, 0.05) is 5.75 Å². The molecule has 0 heterocycles. The van der Waals surface area contributed by atoms with E-state index in [4.69, 9.17) is 4.65 Å². The number of rotatable bonds is 5. The summed E-state index contributed by atoms with van der Waals surface area (Å²) in [5.74, 6) is 1.07. The lowest BCUT2D eigenvalue weighted by Crippen LogP contribution is -2.46. The highest BCUT2D eigenvalue weighted by Crippen LogP contribution is 2.33. The van der Waals surface area contributed by atoms with Gasteiger partial charge in [0.15, 0.2) is 0 Å². The van der Waals surface area contributed by atoms with Crippen molar-refractivity contribution in [3.05, 3.63) is 29.8 Å². The van der Waals surface area contributed by atoms with Gasteiger partial charge in [-0.05, 0) is 36.5 Å². The zero-order valence-electron chi connectivity index (χ0n) is 13.4. The lowest BCUT2D eigenvalue weighted by Gasteiger charge is -2.40. The largest absolute Gasteiger partial charge is 0.426 e. The minimum absolute atomic E-state index is 0.123. The van der Waals surface area contributed by atoms with Gasteiger partial charge in [-0.2, -0.15) is 11.8 Å². The van der Waals surface area contributed by atoms with Gasteiger partial charge in [0.1, 0.15) is 0 Å². The Labute approximate surface area is 123 Å². The zero-order valence-corrected chi connectivity index (χ0v) is 14.2. The maximum atomic E-state index is 6.28. The molecular formula is C16H27BOS. The minimum atomic E-state index is -0.148. The molecule has 0 radical (unpaired) electrons. The van der Waals surface area contributed by atoms with Crippen molar-refractivity contribution >= 4 is 24.1 Å². The van der Waals surface area contributed by atoms with Crippen molar-refractivity contribution in [2.75, 3.05) is 6.26 Å². The Bertz CT molecular complexity index is 392. The minimum Gasteiger partial charge on any atom is -0.426 e. The Hall–Kier alpha value is -0.405. The molecule has 106 valence electrons. The first kappa shape index (κ1) is 16.6. The summed E-state index contributed by atoms with van der Waals surface area (Å²) in [4.78, 5) is 0. The van der Waals surface area contributed by atoms with E-state index in [9.17, 15) is 0 Å². The van der Waals surface area contributed by atoms with Crippen molar-refractivity contribution < 1.29 is 4.65 Å². The first-order valence-electron chi connectivity index (χ1n) is 6.93. The molecule has 0 aliphatic rings. The maximum Gasteiger partial charge on any atom is 0.324 e. The van der Waals surface area contributed by atoms with Crippen LogP contribution >= 0.6 is 11.8 Å². The lowest BCUT2D eigenvalue weighted by atomic mass is 9.62. The van der Waals surface area contributed by atoms with Gasteiger partial charge < -0.3 is 4.65 Å². The number of thioether (sulfide) groups is 1. The smallest absolute Gasteiger partial charge is 0.324 e. The molecule has 0 aliphatic carbocycles. The van der Waals surface area contributed by atoms with E-state index >= 15 is 0 Å². The Balaban J connectivity index is 2.75. The van der Waals surface area contributed by atoms with E-state index < -0.39 is 0 Å². The van der Waals surface area contributed by atoms with E-state index in [1.54, 1.807) is 0 Å². The highest BCUT2D eigenvalue weighted by molar-refractivity contribution is 7.97. The molecule has 0 saturated heterocycles. The summed E-state index contributed by atoms with van der Waals surface area (Å²) in [5.41, 5.74) is 2.60. The standard InChI is InChI=1S/C16H27BOS/c1-15(2,3)16(4,5)18-17(6)14-10-8-13(9-11-14)12-19-7/h8-11H,12H2,1-7H3. The second kappa shape index (κ2) is 6.36. The third kappa shape index (κ3) is 4.57. The van der Waals surface area contributed by atoms with Crippen LogP contribution in [0.15, 0.2) is 24.3 Å². The van der Waals surface area contributed by atoms with Gasteiger partial charge in [-0.3, -0.25) is 0 Å². The summed E-state index contributed by atoms with van der Waals surface area (Å²) < 4.78 is 6.28. The highest BCUT2D eigenvalue weighted by atomic mass is 32.2. The molecule has 0 unspecified atom stereocenters. The fraction of sp³-hybridized carbons (Fsp3) is 0.625. The number of hydrogen-bond donors (Lipinski definition) is 0. The van der Waals surface area contributed by atoms with Crippen LogP contribution in [0.3, 0.4) is 0 Å². The quantitative estimate of drug-likeness (QED) is 0.746. The summed E-state index contributed by atoms with van der Waals surface area (Å²) in [6.45, 7) is 13.3. The van der Waals surface area contributed by atoms with Gasteiger partial charge in [-0.25, -0.2) is 0 Å². The van der Waals surface area contributed by atoms with Crippen LogP contribution in [-0.2, 0) is 10.4 Å². The van der Waals surface area contributed by atoms with Gasteiger partial charge in [-0.1, -0.05) is 51.9 Å². The van der Waals surface area contributed by atoms with E-state index in [0.29, 0.717) is 0 Å². The molecule has 1 aromatic rings. The molecule has 0 atom stereocenters. The number of hydrogen-bond acceptors (Lipinski definition) is 2. The van der Waals surface area contributed by atoms with Gasteiger partial charge in [-0.15, -0.1) is 0 Å². The SMILES string of the molecule is CSCc1ccc(B(C)OC(C)(C)C(C)(C)C)cc1.